The van der Waals surface area contributed by atoms with Crippen LogP contribution in [0.4, 0.5) is 4.79 Å². The van der Waals surface area contributed by atoms with Gasteiger partial charge in [0.2, 0.25) is 0 Å². The SMILES string of the molecule is CCP(=O)(CNSCNC(=O)OC1=C2OC=CC=C2CC1(C)C)Oc1ccccc1. The molecule has 0 bridgehead atoms. The van der Waals surface area contributed by atoms with E-state index < -0.39 is 13.5 Å². The molecular weight excluding hydrogens is 423 g/mol. The molecule has 1 amide bonds. The van der Waals surface area contributed by atoms with Gasteiger partial charge >= 0.3 is 6.09 Å². The van der Waals surface area contributed by atoms with Gasteiger partial charge in [0.15, 0.2) is 11.5 Å². The molecule has 0 saturated heterocycles. The fourth-order valence-corrected chi connectivity index (χ4v) is 5.47. The van der Waals surface area contributed by atoms with Crippen molar-refractivity contribution in [2.45, 2.75) is 27.2 Å². The van der Waals surface area contributed by atoms with Crippen LogP contribution in [0.5, 0.6) is 5.75 Å². The summed E-state index contributed by atoms with van der Waals surface area (Å²) in [6.07, 6.45) is 6.16. The number of fused-ring (bicyclic) bond motifs is 1. The van der Waals surface area contributed by atoms with Gasteiger partial charge in [0.05, 0.1) is 18.4 Å². The minimum Gasteiger partial charge on any atom is -0.461 e. The topological polar surface area (TPSA) is 85.9 Å². The van der Waals surface area contributed by atoms with Gasteiger partial charge in [0.25, 0.3) is 7.37 Å². The Morgan fingerprint density at radius 2 is 2.07 bits per heavy atom. The molecule has 0 radical (unpaired) electrons. The summed E-state index contributed by atoms with van der Waals surface area (Å²) in [5, 5.41) is 2.68. The minimum absolute atomic E-state index is 0.191. The lowest BCUT2D eigenvalue weighted by Gasteiger charge is -2.21. The number of allylic oxidation sites excluding steroid dienone is 4. The number of ether oxygens (including phenoxy) is 2. The molecule has 30 heavy (non-hydrogen) atoms. The molecule has 0 spiro atoms. The van der Waals surface area contributed by atoms with E-state index in [-0.39, 0.29) is 17.6 Å². The highest BCUT2D eigenvalue weighted by Gasteiger charge is 2.40. The second-order valence-corrected chi connectivity index (χ2v) is 11.2. The lowest BCUT2D eigenvalue weighted by atomic mass is 9.90. The third-order valence-electron chi connectivity index (χ3n) is 4.69. The molecule has 1 aromatic carbocycles. The number of alkyl carbamates (subject to hydrolysis) is 1. The number of para-hydroxylation sites is 1. The second-order valence-electron chi connectivity index (χ2n) is 7.55. The molecule has 7 nitrogen and oxygen atoms in total. The summed E-state index contributed by atoms with van der Waals surface area (Å²) in [5.74, 6) is 1.98. The van der Waals surface area contributed by atoms with Crippen molar-refractivity contribution in [2.24, 2.45) is 5.41 Å². The van der Waals surface area contributed by atoms with E-state index in [0.717, 1.165) is 12.0 Å². The number of benzene rings is 1. The van der Waals surface area contributed by atoms with Crippen molar-refractivity contribution in [2.75, 3.05) is 18.3 Å². The Hall–Kier alpha value is -2.15. The van der Waals surface area contributed by atoms with Crippen molar-refractivity contribution in [3.63, 3.8) is 0 Å². The summed E-state index contributed by atoms with van der Waals surface area (Å²) in [5.41, 5.74) is 0.702. The largest absolute Gasteiger partial charge is 0.461 e. The smallest absolute Gasteiger partial charge is 0.413 e. The minimum atomic E-state index is -2.86. The zero-order valence-electron chi connectivity index (χ0n) is 17.3. The first kappa shape index (κ1) is 22.5. The van der Waals surface area contributed by atoms with Crippen LogP contribution in [0.1, 0.15) is 27.2 Å². The average molecular weight is 450 g/mol. The Balaban J connectivity index is 1.43. The Kier molecular flexibility index (Phi) is 7.34. The van der Waals surface area contributed by atoms with Crippen LogP contribution in [0.25, 0.3) is 0 Å². The summed E-state index contributed by atoms with van der Waals surface area (Å²) in [6.45, 7) is 5.85. The van der Waals surface area contributed by atoms with Gasteiger partial charge in [-0.05, 0) is 30.2 Å². The van der Waals surface area contributed by atoms with Crippen molar-refractivity contribution in [3.05, 3.63) is 65.8 Å². The lowest BCUT2D eigenvalue weighted by molar-refractivity contribution is 0.148. The maximum atomic E-state index is 12.8. The first-order chi connectivity index (χ1) is 14.3. The predicted octanol–water partition coefficient (Wildman–Crippen LogP) is 5.35. The van der Waals surface area contributed by atoms with Gasteiger partial charge in [0, 0.05) is 11.6 Å². The summed E-state index contributed by atoms with van der Waals surface area (Å²) in [4.78, 5) is 12.2. The van der Waals surface area contributed by atoms with Crippen molar-refractivity contribution >= 4 is 25.4 Å². The van der Waals surface area contributed by atoms with Crippen molar-refractivity contribution < 1.29 is 23.4 Å². The van der Waals surface area contributed by atoms with Gasteiger partial charge in [-0.15, -0.1) is 0 Å². The van der Waals surface area contributed by atoms with Crippen LogP contribution in [0.3, 0.4) is 0 Å². The number of rotatable bonds is 9. The third kappa shape index (κ3) is 5.72. The zero-order valence-corrected chi connectivity index (χ0v) is 19.1. The summed E-state index contributed by atoms with van der Waals surface area (Å²) >= 11 is 1.23. The maximum absolute atomic E-state index is 12.8. The van der Waals surface area contributed by atoms with Crippen LogP contribution in [0, 0.1) is 5.41 Å². The van der Waals surface area contributed by atoms with Crippen LogP contribution in [-0.2, 0) is 14.0 Å². The van der Waals surface area contributed by atoms with E-state index in [9.17, 15) is 9.36 Å². The molecule has 1 heterocycles. The lowest BCUT2D eigenvalue weighted by Crippen LogP contribution is -2.28. The van der Waals surface area contributed by atoms with Crippen molar-refractivity contribution in [3.8, 4) is 5.75 Å². The molecule has 1 aromatic rings. The van der Waals surface area contributed by atoms with Gasteiger partial charge in [-0.25, -0.2) is 4.79 Å². The highest BCUT2D eigenvalue weighted by atomic mass is 32.2. The monoisotopic (exact) mass is 450 g/mol. The van der Waals surface area contributed by atoms with Crippen molar-refractivity contribution in [1.29, 1.82) is 0 Å². The molecule has 1 unspecified atom stereocenters. The highest BCUT2D eigenvalue weighted by Crippen LogP contribution is 2.47. The van der Waals surface area contributed by atoms with Gasteiger partial charge in [0.1, 0.15) is 5.75 Å². The summed E-state index contributed by atoms with van der Waals surface area (Å²) in [7, 11) is -2.86. The number of carbonyl (C=O) groups excluding carboxylic acids is 1. The van der Waals surface area contributed by atoms with E-state index in [2.05, 4.69) is 10.0 Å². The number of hydrogen-bond acceptors (Lipinski definition) is 7. The van der Waals surface area contributed by atoms with Gasteiger partial charge in [-0.3, -0.25) is 9.29 Å². The fourth-order valence-electron chi connectivity index (χ4n) is 3.10. The van der Waals surface area contributed by atoms with Crippen LogP contribution in [0.15, 0.2) is 65.8 Å². The van der Waals surface area contributed by atoms with E-state index in [0.29, 0.717) is 23.4 Å². The van der Waals surface area contributed by atoms with Gasteiger partial charge < -0.3 is 19.3 Å². The fraction of sp³-hybridized carbons (Fsp3) is 0.381. The van der Waals surface area contributed by atoms with E-state index in [1.165, 1.54) is 11.9 Å². The molecule has 1 aliphatic heterocycles. The van der Waals surface area contributed by atoms with E-state index in [4.69, 9.17) is 14.0 Å². The highest BCUT2D eigenvalue weighted by molar-refractivity contribution is 7.97. The maximum Gasteiger partial charge on any atom is 0.413 e. The number of hydrogen-bond donors (Lipinski definition) is 2. The van der Waals surface area contributed by atoms with Gasteiger partial charge in [-0.2, -0.15) is 0 Å². The molecule has 0 fully saturated rings. The first-order valence-corrected chi connectivity index (χ1v) is 12.7. The Morgan fingerprint density at radius 1 is 1.30 bits per heavy atom. The van der Waals surface area contributed by atoms with E-state index >= 15 is 0 Å². The number of amides is 1. The normalized spacial score (nSPS) is 18.7. The summed E-state index contributed by atoms with van der Waals surface area (Å²) < 4.78 is 32.6. The molecule has 2 aliphatic rings. The molecule has 2 N–H and O–H groups in total. The third-order valence-corrected chi connectivity index (χ3v) is 7.69. The Morgan fingerprint density at radius 3 is 2.80 bits per heavy atom. The van der Waals surface area contributed by atoms with Crippen LogP contribution >= 0.6 is 19.3 Å². The molecule has 1 atom stereocenters. The molecule has 0 aromatic heterocycles. The number of nitrogens with one attached hydrogen (secondary N) is 2. The second kappa shape index (κ2) is 9.77. The predicted molar refractivity (Wildman–Crippen MR) is 119 cm³/mol. The molecular formula is C21H27N2O5PS. The van der Waals surface area contributed by atoms with Crippen LogP contribution < -0.4 is 14.6 Å². The van der Waals surface area contributed by atoms with Crippen molar-refractivity contribution in [1.82, 2.24) is 10.0 Å². The van der Waals surface area contributed by atoms with E-state index in [1.54, 1.807) is 18.4 Å². The zero-order chi connectivity index (χ0) is 21.6. The molecule has 0 saturated carbocycles. The van der Waals surface area contributed by atoms with Gasteiger partial charge in [-0.1, -0.05) is 57.0 Å². The standard InChI is InChI=1S/C21H27N2O5PS/c1-4-29(25,28-17-10-6-5-7-11-17)14-23-30-15-22-20(24)27-19-18-16(9-8-12-26-18)13-21(19,2)3/h5-12,23H,4,13-15H2,1-3H3,(H,22,24). The Bertz CT molecular complexity index is 911. The quantitative estimate of drug-likeness (QED) is 0.227. The van der Waals surface area contributed by atoms with Crippen LogP contribution in [-0.4, -0.2) is 24.4 Å². The summed E-state index contributed by atoms with van der Waals surface area (Å²) in [6, 6.07) is 9.10. The Labute approximate surface area is 181 Å². The average Bonchev–Trinajstić information content (AvgIpc) is 2.98. The molecule has 1 aliphatic carbocycles. The molecule has 162 valence electrons. The molecule has 3 rings (SSSR count). The molecule has 9 heteroatoms. The first-order valence-electron chi connectivity index (χ1n) is 9.73. The number of carbonyl (C=O) groups is 1. The van der Waals surface area contributed by atoms with Crippen LogP contribution in [0.2, 0.25) is 0 Å². The van der Waals surface area contributed by atoms with E-state index in [1.807, 2.05) is 51.1 Å².